The van der Waals surface area contributed by atoms with Gasteiger partial charge in [-0.15, -0.1) is 0 Å². The van der Waals surface area contributed by atoms with Crippen LogP contribution in [0.25, 0.3) is 6.08 Å². The molecule has 0 atom stereocenters. The summed E-state index contributed by atoms with van der Waals surface area (Å²) in [7, 11) is 1.55. The zero-order valence-corrected chi connectivity index (χ0v) is 10.8. The fourth-order valence-corrected chi connectivity index (χ4v) is 2.10. The van der Waals surface area contributed by atoms with Crippen LogP contribution in [0, 0.1) is 0 Å². The van der Waals surface area contributed by atoms with Gasteiger partial charge in [-0.25, -0.2) is 0 Å². The summed E-state index contributed by atoms with van der Waals surface area (Å²) in [4.78, 5) is 10.8. The van der Waals surface area contributed by atoms with Gasteiger partial charge in [0.05, 0.1) is 13.7 Å². The van der Waals surface area contributed by atoms with Gasteiger partial charge in [-0.2, -0.15) is 0 Å². The van der Waals surface area contributed by atoms with Gasteiger partial charge in [0.25, 0.3) is 0 Å². The number of methoxy groups -OCH3 is 1. The summed E-state index contributed by atoms with van der Waals surface area (Å²) in [6.07, 6.45) is 4.66. The Morgan fingerprint density at radius 3 is 3.06 bits per heavy atom. The van der Waals surface area contributed by atoms with Gasteiger partial charge in [0.2, 0.25) is 5.24 Å². The number of benzene rings is 1. The molecule has 96 valence electrons. The zero-order chi connectivity index (χ0) is 13.1. The number of nitrogen functional groups attached to an aromatic ring is 1. The minimum absolute atomic E-state index is 0.547. The number of anilines is 1. The second kappa shape index (κ2) is 5.31. The number of carbonyl (C=O) groups excluding carboxylic acids is 1. The molecule has 0 amide bonds. The molecule has 0 unspecified atom stereocenters. The highest BCUT2D eigenvalue weighted by atomic mass is 35.5. The van der Waals surface area contributed by atoms with Gasteiger partial charge in [0.15, 0.2) is 11.5 Å². The predicted molar refractivity (Wildman–Crippen MR) is 71.1 cm³/mol. The molecule has 4 nitrogen and oxygen atoms in total. The first-order valence-electron chi connectivity index (χ1n) is 5.63. The van der Waals surface area contributed by atoms with Crippen molar-refractivity contribution in [2.45, 2.75) is 12.8 Å². The van der Waals surface area contributed by atoms with Crippen LogP contribution >= 0.6 is 11.6 Å². The minimum atomic E-state index is -0.560. The highest BCUT2D eigenvalue weighted by Gasteiger charge is 2.20. The number of hydrogen-bond donors (Lipinski definition) is 1. The number of allylic oxidation sites excluding steroid dienone is 1. The number of hydrogen-bond acceptors (Lipinski definition) is 4. The van der Waals surface area contributed by atoms with E-state index in [4.69, 9.17) is 26.8 Å². The van der Waals surface area contributed by atoms with Gasteiger partial charge in [0, 0.05) is 16.8 Å². The third-order valence-electron chi connectivity index (χ3n) is 2.81. The second-order valence-electron chi connectivity index (χ2n) is 3.99. The molecule has 18 heavy (non-hydrogen) atoms. The Balaban J connectivity index is 2.54. The molecule has 2 N–H and O–H groups in total. The van der Waals surface area contributed by atoms with Crippen LogP contribution in [0.1, 0.15) is 17.5 Å². The van der Waals surface area contributed by atoms with E-state index in [-0.39, 0.29) is 0 Å². The molecular weight excluding hydrogens is 254 g/mol. The first kappa shape index (κ1) is 12.8. The number of fused-ring (bicyclic) bond motifs is 1. The fourth-order valence-electron chi connectivity index (χ4n) is 2.03. The number of nitrogens with two attached hydrogens (primary N) is 1. The van der Waals surface area contributed by atoms with Gasteiger partial charge in [-0.3, -0.25) is 4.79 Å². The molecule has 1 heterocycles. The molecule has 0 aliphatic carbocycles. The van der Waals surface area contributed by atoms with Crippen molar-refractivity contribution >= 4 is 28.6 Å². The summed E-state index contributed by atoms with van der Waals surface area (Å²) in [6.45, 7) is 0.658. The summed E-state index contributed by atoms with van der Waals surface area (Å²) in [5.74, 6) is 1.26. The first-order chi connectivity index (χ1) is 8.63. The lowest BCUT2D eigenvalue weighted by Crippen LogP contribution is -2.11. The Hall–Kier alpha value is -1.68. The van der Waals surface area contributed by atoms with Gasteiger partial charge < -0.3 is 15.2 Å². The molecule has 0 radical (unpaired) electrons. The summed E-state index contributed by atoms with van der Waals surface area (Å²) in [5.41, 5.74) is 8.16. The lowest BCUT2D eigenvalue weighted by atomic mass is 10.0. The molecule has 0 saturated heterocycles. The Morgan fingerprint density at radius 2 is 2.39 bits per heavy atom. The molecule has 0 saturated carbocycles. The van der Waals surface area contributed by atoms with Gasteiger partial charge in [-0.05, 0) is 42.7 Å². The largest absolute Gasteiger partial charge is 0.492 e. The van der Waals surface area contributed by atoms with E-state index in [1.165, 1.54) is 6.08 Å². The highest BCUT2D eigenvalue weighted by Crippen LogP contribution is 2.41. The second-order valence-corrected chi connectivity index (χ2v) is 4.36. The minimum Gasteiger partial charge on any atom is -0.492 e. The number of carbonyl (C=O) groups is 1. The van der Waals surface area contributed by atoms with Crippen LogP contribution in [0.3, 0.4) is 0 Å². The molecule has 1 aliphatic rings. The van der Waals surface area contributed by atoms with E-state index in [9.17, 15) is 4.79 Å². The number of aryl methyl sites for hydroxylation is 1. The zero-order valence-electron chi connectivity index (χ0n) is 10.0. The molecule has 5 heteroatoms. The Morgan fingerprint density at radius 1 is 1.61 bits per heavy atom. The third kappa shape index (κ3) is 2.43. The Labute approximate surface area is 110 Å². The SMILES string of the molecule is COc1c(/C=C/C(=O)Cl)c(N)cc2c1OCCC2. The summed E-state index contributed by atoms with van der Waals surface area (Å²) >= 11 is 5.28. The van der Waals surface area contributed by atoms with Crippen molar-refractivity contribution in [3.05, 3.63) is 23.3 Å². The van der Waals surface area contributed by atoms with Gasteiger partial charge in [0.1, 0.15) is 0 Å². The van der Waals surface area contributed by atoms with E-state index in [1.54, 1.807) is 13.2 Å². The van der Waals surface area contributed by atoms with E-state index < -0.39 is 5.24 Å². The molecule has 1 aromatic carbocycles. The lowest BCUT2D eigenvalue weighted by Gasteiger charge is -2.22. The maximum Gasteiger partial charge on any atom is 0.245 e. The number of ether oxygens (including phenoxy) is 2. The summed E-state index contributed by atoms with van der Waals surface area (Å²) in [6, 6.07) is 1.86. The lowest BCUT2D eigenvalue weighted by molar-refractivity contribution is -0.107. The normalized spacial score (nSPS) is 14.1. The van der Waals surface area contributed by atoms with Gasteiger partial charge >= 0.3 is 0 Å². The van der Waals surface area contributed by atoms with Crippen LogP contribution < -0.4 is 15.2 Å². The highest BCUT2D eigenvalue weighted by molar-refractivity contribution is 6.66. The molecular formula is C13H14ClNO3. The predicted octanol–water partition coefficient (Wildman–Crippen LogP) is 2.38. The van der Waals surface area contributed by atoms with Crippen molar-refractivity contribution in [1.29, 1.82) is 0 Å². The molecule has 0 aromatic heterocycles. The standard InChI is InChI=1S/C13H14ClNO3/c1-17-13-9(4-5-11(14)16)10(15)7-8-3-2-6-18-12(8)13/h4-5,7H,2-3,6,15H2,1H3/b5-4+. The Bertz CT molecular complexity index is 511. The number of rotatable bonds is 3. The van der Waals surface area contributed by atoms with Crippen molar-refractivity contribution in [3.63, 3.8) is 0 Å². The Kier molecular flexibility index (Phi) is 3.77. The van der Waals surface area contributed by atoms with Crippen molar-refractivity contribution < 1.29 is 14.3 Å². The molecule has 0 bridgehead atoms. The van der Waals surface area contributed by atoms with Crippen LogP contribution in [0.15, 0.2) is 12.1 Å². The van der Waals surface area contributed by atoms with Crippen LogP contribution in [0.4, 0.5) is 5.69 Å². The van der Waals surface area contributed by atoms with E-state index >= 15 is 0 Å². The van der Waals surface area contributed by atoms with Crippen molar-refractivity contribution in [2.75, 3.05) is 19.5 Å². The van der Waals surface area contributed by atoms with E-state index in [2.05, 4.69) is 0 Å². The monoisotopic (exact) mass is 267 g/mol. The first-order valence-corrected chi connectivity index (χ1v) is 6.01. The van der Waals surface area contributed by atoms with Crippen molar-refractivity contribution in [1.82, 2.24) is 0 Å². The van der Waals surface area contributed by atoms with E-state index in [0.29, 0.717) is 29.4 Å². The fraction of sp³-hybridized carbons (Fsp3) is 0.308. The average Bonchev–Trinajstić information content (AvgIpc) is 2.35. The van der Waals surface area contributed by atoms with Crippen LogP contribution in [-0.4, -0.2) is 19.0 Å². The molecule has 1 aromatic rings. The van der Waals surface area contributed by atoms with Crippen LogP contribution in [0.5, 0.6) is 11.5 Å². The maximum absolute atomic E-state index is 10.8. The average molecular weight is 268 g/mol. The maximum atomic E-state index is 10.8. The van der Waals surface area contributed by atoms with Crippen LogP contribution in [0.2, 0.25) is 0 Å². The molecule has 1 aliphatic heterocycles. The summed E-state index contributed by atoms with van der Waals surface area (Å²) in [5, 5.41) is -0.560. The third-order valence-corrected chi connectivity index (χ3v) is 2.93. The topological polar surface area (TPSA) is 61.5 Å². The van der Waals surface area contributed by atoms with Crippen molar-refractivity contribution in [2.24, 2.45) is 0 Å². The van der Waals surface area contributed by atoms with Gasteiger partial charge in [-0.1, -0.05) is 0 Å². The number of halogens is 1. The van der Waals surface area contributed by atoms with E-state index in [1.807, 2.05) is 6.07 Å². The summed E-state index contributed by atoms with van der Waals surface area (Å²) < 4.78 is 11.0. The van der Waals surface area contributed by atoms with Crippen LogP contribution in [-0.2, 0) is 11.2 Å². The van der Waals surface area contributed by atoms with Crippen molar-refractivity contribution in [3.8, 4) is 11.5 Å². The molecule has 0 fully saturated rings. The van der Waals surface area contributed by atoms with E-state index in [0.717, 1.165) is 18.4 Å². The molecule has 0 spiro atoms. The smallest absolute Gasteiger partial charge is 0.245 e. The molecule has 2 rings (SSSR count). The quantitative estimate of drug-likeness (QED) is 0.519.